The number of rotatable bonds is 6. The molecule has 1 amide bonds. The van der Waals surface area contributed by atoms with Crippen molar-refractivity contribution in [2.75, 3.05) is 10.6 Å². The molecule has 10 heteroatoms. The van der Waals surface area contributed by atoms with Crippen LogP contribution in [0.5, 0.6) is 0 Å². The molecule has 39 heavy (non-hydrogen) atoms. The fourth-order valence-corrected chi connectivity index (χ4v) is 4.24. The third-order valence-corrected chi connectivity index (χ3v) is 6.37. The second-order valence-corrected chi connectivity index (χ2v) is 9.26. The minimum atomic E-state index is -0.656. The van der Waals surface area contributed by atoms with Gasteiger partial charge in [0.1, 0.15) is 17.9 Å². The number of aryl methyl sites for hydroxylation is 4. The van der Waals surface area contributed by atoms with Crippen LogP contribution in [0.1, 0.15) is 32.9 Å². The van der Waals surface area contributed by atoms with Gasteiger partial charge in [-0.25, -0.2) is 14.4 Å². The van der Waals surface area contributed by atoms with E-state index < -0.39 is 6.67 Å². The highest BCUT2D eigenvalue weighted by atomic mass is 19.1. The Kier molecular flexibility index (Phi) is 6.84. The molecule has 2 N–H and O–H groups in total. The van der Waals surface area contributed by atoms with E-state index in [9.17, 15) is 14.0 Å². The van der Waals surface area contributed by atoms with Gasteiger partial charge in [-0.15, -0.1) is 0 Å². The van der Waals surface area contributed by atoms with Crippen LogP contribution in [0.4, 0.5) is 21.7 Å². The first kappa shape index (κ1) is 25.7. The molecule has 0 bridgehead atoms. The molecule has 0 aliphatic carbocycles. The predicted molar refractivity (Wildman–Crippen MR) is 149 cm³/mol. The third kappa shape index (κ3) is 5.22. The van der Waals surface area contributed by atoms with Crippen LogP contribution in [0.3, 0.4) is 0 Å². The van der Waals surface area contributed by atoms with Crippen molar-refractivity contribution in [3.63, 3.8) is 0 Å². The van der Waals surface area contributed by atoms with Crippen molar-refractivity contribution in [3.8, 4) is 11.3 Å². The number of nitrogens with one attached hydrogen (secondary N) is 2. The summed E-state index contributed by atoms with van der Waals surface area (Å²) in [5.74, 6) is -0.0644. The Labute approximate surface area is 223 Å². The average Bonchev–Trinajstić information content (AvgIpc) is 2.93. The second-order valence-electron chi connectivity index (χ2n) is 9.26. The minimum Gasteiger partial charge on any atom is -0.323 e. The van der Waals surface area contributed by atoms with Gasteiger partial charge in [0.25, 0.3) is 11.5 Å². The van der Waals surface area contributed by atoms with E-state index in [1.54, 1.807) is 49.6 Å². The van der Waals surface area contributed by atoms with Crippen LogP contribution in [-0.4, -0.2) is 30.4 Å². The summed E-state index contributed by atoms with van der Waals surface area (Å²) in [6.45, 7) is 5.01. The van der Waals surface area contributed by atoms with Crippen LogP contribution in [0.25, 0.3) is 22.4 Å². The Morgan fingerprint density at radius 3 is 2.59 bits per heavy atom. The van der Waals surface area contributed by atoms with Gasteiger partial charge in [0, 0.05) is 29.6 Å². The molecule has 0 fully saturated rings. The lowest BCUT2D eigenvalue weighted by Crippen LogP contribution is -2.22. The number of alkyl halides is 1. The van der Waals surface area contributed by atoms with Crippen LogP contribution in [0.2, 0.25) is 0 Å². The maximum atomic E-state index is 13.4. The summed E-state index contributed by atoms with van der Waals surface area (Å²) >= 11 is 0. The van der Waals surface area contributed by atoms with Gasteiger partial charge >= 0.3 is 0 Å². The number of carbonyl (C=O) groups excluding carboxylic acids is 1. The summed E-state index contributed by atoms with van der Waals surface area (Å²) in [5, 5.41) is 5.97. The van der Waals surface area contributed by atoms with E-state index in [2.05, 4.69) is 30.6 Å². The lowest BCUT2D eigenvalue weighted by Gasteiger charge is -2.13. The number of fused-ring (bicyclic) bond motifs is 1. The zero-order chi connectivity index (χ0) is 27.7. The normalized spacial score (nSPS) is 11.0. The van der Waals surface area contributed by atoms with E-state index >= 15 is 0 Å². The number of hydrogen-bond donors (Lipinski definition) is 2. The Morgan fingerprint density at radius 2 is 1.82 bits per heavy atom. The van der Waals surface area contributed by atoms with Crippen LogP contribution in [-0.2, 0) is 13.7 Å². The summed E-state index contributed by atoms with van der Waals surface area (Å²) in [5.41, 5.74) is 5.75. The second kappa shape index (κ2) is 10.4. The van der Waals surface area contributed by atoms with Gasteiger partial charge in [0.15, 0.2) is 5.65 Å². The van der Waals surface area contributed by atoms with E-state index in [4.69, 9.17) is 0 Å². The van der Waals surface area contributed by atoms with Crippen molar-refractivity contribution < 1.29 is 9.18 Å². The third-order valence-electron chi connectivity index (χ3n) is 6.37. The van der Waals surface area contributed by atoms with Crippen LogP contribution < -0.4 is 16.2 Å². The van der Waals surface area contributed by atoms with Crippen molar-refractivity contribution in [2.24, 2.45) is 7.05 Å². The molecule has 196 valence electrons. The maximum Gasteiger partial charge on any atom is 0.278 e. The van der Waals surface area contributed by atoms with Crippen LogP contribution >= 0.6 is 0 Å². The highest BCUT2D eigenvalue weighted by Gasteiger charge is 2.16. The summed E-state index contributed by atoms with van der Waals surface area (Å²) in [6.07, 6.45) is 1.56. The highest BCUT2D eigenvalue weighted by Crippen LogP contribution is 2.25. The summed E-state index contributed by atoms with van der Waals surface area (Å²) < 4.78 is 14.5. The smallest absolute Gasteiger partial charge is 0.278 e. The number of hydrogen-bond acceptors (Lipinski definition) is 7. The molecular weight excluding hydrogens is 497 g/mol. The number of amides is 1. The predicted octanol–water partition coefficient (Wildman–Crippen LogP) is 5.18. The summed E-state index contributed by atoms with van der Waals surface area (Å²) in [7, 11) is 1.63. The molecule has 0 saturated carbocycles. The fraction of sp³-hybridized carbons (Fsp3) is 0.172. The lowest BCUT2D eigenvalue weighted by atomic mass is 10.0. The van der Waals surface area contributed by atoms with Gasteiger partial charge in [0.2, 0.25) is 5.95 Å². The molecule has 0 saturated heterocycles. The van der Waals surface area contributed by atoms with E-state index in [-0.39, 0.29) is 17.2 Å². The molecule has 0 atom stereocenters. The Hall–Kier alpha value is -4.99. The van der Waals surface area contributed by atoms with Crippen molar-refractivity contribution >= 4 is 34.4 Å². The van der Waals surface area contributed by atoms with Gasteiger partial charge in [-0.3, -0.25) is 19.1 Å². The molecule has 9 nitrogen and oxygen atoms in total. The first-order valence-corrected chi connectivity index (χ1v) is 12.3. The van der Waals surface area contributed by atoms with Gasteiger partial charge in [-0.05, 0) is 68.3 Å². The first-order valence-electron chi connectivity index (χ1n) is 12.3. The van der Waals surface area contributed by atoms with Crippen LogP contribution in [0.15, 0.2) is 65.6 Å². The number of benzene rings is 2. The molecule has 0 spiro atoms. The van der Waals surface area contributed by atoms with Gasteiger partial charge in [-0.1, -0.05) is 18.2 Å². The number of pyridine rings is 1. The largest absolute Gasteiger partial charge is 0.323 e. The number of anilines is 3. The standard InChI is InChI=1S/C29H26FN7O2/c1-16-8-10-21(33-27(38)20-7-5-6-19(12-20)14-30)13-22(16)25-28(39)37(4)26-24(34-25)15-31-29(36-26)35-23-11-9-17(2)32-18(23)3/h5-13,15H,14H2,1-4H3,(H,33,38)(H,31,35,36). The zero-order valence-corrected chi connectivity index (χ0v) is 21.9. The van der Waals surface area contributed by atoms with E-state index in [1.165, 1.54) is 10.6 Å². The fourth-order valence-electron chi connectivity index (χ4n) is 4.24. The number of carbonyl (C=O) groups is 1. The van der Waals surface area contributed by atoms with E-state index in [1.807, 2.05) is 32.9 Å². The van der Waals surface area contributed by atoms with E-state index in [0.717, 1.165) is 22.6 Å². The maximum absolute atomic E-state index is 13.4. The minimum absolute atomic E-state index is 0.209. The molecular formula is C29H26FN7O2. The Morgan fingerprint density at radius 1 is 1.00 bits per heavy atom. The summed E-state index contributed by atoms with van der Waals surface area (Å²) in [6, 6.07) is 15.4. The van der Waals surface area contributed by atoms with Crippen molar-refractivity contribution in [1.29, 1.82) is 0 Å². The van der Waals surface area contributed by atoms with Crippen LogP contribution in [0, 0.1) is 20.8 Å². The number of aromatic nitrogens is 5. The Bertz CT molecular complexity index is 1800. The molecule has 0 unspecified atom stereocenters. The molecule has 0 radical (unpaired) electrons. The summed E-state index contributed by atoms with van der Waals surface area (Å²) in [4.78, 5) is 44.1. The van der Waals surface area contributed by atoms with Gasteiger partial charge in [-0.2, -0.15) is 4.98 Å². The molecule has 0 aliphatic heterocycles. The average molecular weight is 524 g/mol. The van der Waals surface area contributed by atoms with E-state index in [0.29, 0.717) is 39.5 Å². The molecule has 2 aromatic carbocycles. The SMILES string of the molecule is Cc1ccc(Nc2ncc3nc(-c4cc(NC(=O)c5cccc(CF)c5)ccc4C)c(=O)n(C)c3n2)c(C)n1. The quantitative estimate of drug-likeness (QED) is 0.315. The molecule has 5 aromatic rings. The number of halogens is 1. The van der Waals surface area contributed by atoms with Crippen molar-refractivity contribution in [1.82, 2.24) is 24.5 Å². The van der Waals surface area contributed by atoms with Crippen molar-refractivity contribution in [2.45, 2.75) is 27.4 Å². The Balaban J connectivity index is 1.48. The van der Waals surface area contributed by atoms with Gasteiger partial charge in [0.05, 0.1) is 17.6 Å². The first-order chi connectivity index (χ1) is 18.7. The van der Waals surface area contributed by atoms with Gasteiger partial charge < -0.3 is 10.6 Å². The highest BCUT2D eigenvalue weighted by molar-refractivity contribution is 6.04. The molecule has 3 aromatic heterocycles. The molecule has 0 aliphatic rings. The topological polar surface area (TPSA) is 115 Å². The monoisotopic (exact) mass is 523 g/mol. The number of nitrogens with zero attached hydrogens (tertiary/aromatic N) is 5. The van der Waals surface area contributed by atoms with Crippen molar-refractivity contribution in [3.05, 3.63) is 99.2 Å². The lowest BCUT2D eigenvalue weighted by molar-refractivity contribution is 0.102. The zero-order valence-electron chi connectivity index (χ0n) is 21.9. The molecule has 3 heterocycles. The molecule has 5 rings (SSSR count).